The molecule has 0 radical (unpaired) electrons. The smallest absolute Gasteiger partial charge is 0.335 e. The van der Waals surface area contributed by atoms with Crippen molar-refractivity contribution in [1.29, 1.82) is 0 Å². The summed E-state index contributed by atoms with van der Waals surface area (Å²) in [5.74, 6) is -2.24. The fourth-order valence-corrected chi connectivity index (χ4v) is 6.30. The summed E-state index contributed by atoms with van der Waals surface area (Å²) in [6.07, 6.45) is 1.03. The molecule has 5 heteroatoms. The SMILES string of the molecule is CC[C@@H](C)c1ccc2c(c1)[C@@H]1c3ccccc3[C@@H]2[C@@H]2C(=O)N(c3ccc(C(=O)O)cc3)C(=O)[C@H]12. The maximum atomic E-state index is 13.8. The molecule has 7 rings (SSSR count). The number of benzene rings is 3. The fraction of sp³-hybridized carbons (Fsp3) is 0.276. The highest BCUT2D eigenvalue weighted by Gasteiger charge is 2.61. The van der Waals surface area contributed by atoms with Crippen molar-refractivity contribution in [2.24, 2.45) is 11.8 Å². The van der Waals surface area contributed by atoms with Gasteiger partial charge in [-0.15, -0.1) is 0 Å². The van der Waals surface area contributed by atoms with Gasteiger partial charge in [-0.2, -0.15) is 0 Å². The van der Waals surface area contributed by atoms with Gasteiger partial charge in [0, 0.05) is 11.8 Å². The number of carboxylic acid groups (broad SMARTS) is 1. The third-order valence-corrected chi connectivity index (χ3v) is 8.12. The highest BCUT2D eigenvalue weighted by Crippen LogP contribution is 2.61. The normalized spacial score (nSPS) is 25.1. The quantitative estimate of drug-likeness (QED) is 0.547. The van der Waals surface area contributed by atoms with Gasteiger partial charge in [-0.3, -0.25) is 9.59 Å². The van der Waals surface area contributed by atoms with Crippen LogP contribution in [-0.2, 0) is 9.59 Å². The molecule has 2 amide bonds. The van der Waals surface area contributed by atoms with Gasteiger partial charge in [0.05, 0.1) is 23.1 Å². The second-order valence-corrected chi connectivity index (χ2v) is 9.70. The van der Waals surface area contributed by atoms with E-state index in [0.29, 0.717) is 11.6 Å². The highest BCUT2D eigenvalue weighted by atomic mass is 16.4. The van der Waals surface area contributed by atoms with Crippen LogP contribution in [0.1, 0.15) is 76.2 Å². The number of nitrogens with zero attached hydrogens (tertiary/aromatic N) is 1. The Labute approximate surface area is 198 Å². The molecule has 3 aromatic rings. The number of aromatic carboxylic acids is 1. The number of carboxylic acids is 1. The van der Waals surface area contributed by atoms with Crippen molar-refractivity contribution in [1.82, 2.24) is 0 Å². The predicted octanol–water partition coefficient (Wildman–Crippen LogP) is 5.29. The number of imide groups is 1. The monoisotopic (exact) mass is 451 g/mol. The van der Waals surface area contributed by atoms with Crippen LogP contribution in [0.15, 0.2) is 66.7 Å². The summed E-state index contributed by atoms with van der Waals surface area (Å²) in [6.45, 7) is 4.39. The first-order valence-corrected chi connectivity index (χ1v) is 11.9. The number of rotatable bonds is 4. The average Bonchev–Trinajstić information content (AvgIpc) is 3.13. The first-order chi connectivity index (χ1) is 16.4. The Kier molecular flexibility index (Phi) is 4.53. The molecule has 1 heterocycles. The minimum Gasteiger partial charge on any atom is -0.478 e. The number of anilines is 1. The van der Waals surface area contributed by atoms with Crippen LogP contribution in [0.3, 0.4) is 0 Å². The second-order valence-electron chi connectivity index (χ2n) is 9.70. The van der Waals surface area contributed by atoms with E-state index in [1.54, 1.807) is 12.1 Å². The third-order valence-electron chi connectivity index (χ3n) is 8.12. The molecule has 0 unspecified atom stereocenters. The molecule has 34 heavy (non-hydrogen) atoms. The Morgan fingerprint density at radius 2 is 1.41 bits per heavy atom. The summed E-state index contributed by atoms with van der Waals surface area (Å²) in [5.41, 5.74) is 6.43. The summed E-state index contributed by atoms with van der Waals surface area (Å²) in [7, 11) is 0. The van der Waals surface area contributed by atoms with E-state index in [0.717, 1.165) is 23.1 Å². The number of amides is 2. The summed E-state index contributed by atoms with van der Waals surface area (Å²) in [4.78, 5) is 40.2. The van der Waals surface area contributed by atoms with Crippen LogP contribution in [0.5, 0.6) is 0 Å². The lowest BCUT2D eigenvalue weighted by Crippen LogP contribution is -2.41. The first-order valence-electron chi connectivity index (χ1n) is 11.9. The van der Waals surface area contributed by atoms with E-state index in [4.69, 9.17) is 0 Å². The summed E-state index contributed by atoms with van der Waals surface area (Å²) in [6, 6.07) is 20.8. The van der Waals surface area contributed by atoms with Crippen LogP contribution < -0.4 is 4.90 Å². The Morgan fingerprint density at radius 3 is 1.97 bits per heavy atom. The van der Waals surface area contributed by atoms with Gasteiger partial charge in [-0.1, -0.05) is 56.3 Å². The topological polar surface area (TPSA) is 74.7 Å². The molecule has 1 aliphatic heterocycles. The fourth-order valence-electron chi connectivity index (χ4n) is 6.30. The summed E-state index contributed by atoms with van der Waals surface area (Å²) < 4.78 is 0. The minimum atomic E-state index is -1.04. The second kappa shape index (κ2) is 7.39. The van der Waals surface area contributed by atoms with E-state index in [9.17, 15) is 19.5 Å². The zero-order chi connectivity index (χ0) is 23.7. The summed E-state index contributed by atoms with van der Waals surface area (Å²) >= 11 is 0. The van der Waals surface area contributed by atoms with Crippen LogP contribution in [0, 0.1) is 11.8 Å². The minimum absolute atomic E-state index is 0.123. The maximum absolute atomic E-state index is 13.8. The molecule has 0 spiro atoms. The Hall–Kier alpha value is -3.73. The molecule has 3 aliphatic carbocycles. The molecule has 0 saturated carbocycles. The van der Waals surface area contributed by atoms with Crippen LogP contribution in [-0.4, -0.2) is 22.9 Å². The molecule has 0 aromatic heterocycles. The molecule has 4 aliphatic rings. The van der Waals surface area contributed by atoms with Crippen molar-refractivity contribution in [3.05, 3.63) is 100 Å². The lowest BCUT2D eigenvalue weighted by molar-refractivity contribution is -0.122. The van der Waals surface area contributed by atoms with E-state index >= 15 is 0 Å². The number of carbonyl (C=O) groups is 3. The molecule has 170 valence electrons. The zero-order valence-electron chi connectivity index (χ0n) is 19.1. The lowest BCUT2D eigenvalue weighted by atomic mass is 9.54. The van der Waals surface area contributed by atoms with E-state index in [1.165, 1.54) is 28.2 Å². The van der Waals surface area contributed by atoms with E-state index in [-0.39, 0.29) is 29.2 Å². The Balaban J connectivity index is 1.50. The number of carbonyl (C=O) groups excluding carboxylic acids is 2. The highest BCUT2D eigenvalue weighted by molar-refractivity contribution is 6.23. The van der Waals surface area contributed by atoms with E-state index in [1.807, 2.05) is 12.1 Å². The van der Waals surface area contributed by atoms with Gasteiger partial charge < -0.3 is 5.11 Å². The zero-order valence-corrected chi connectivity index (χ0v) is 19.1. The molecule has 1 saturated heterocycles. The van der Waals surface area contributed by atoms with Gasteiger partial charge in [0.25, 0.3) is 0 Å². The molecule has 5 atom stereocenters. The van der Waals surface area contributed by atoms with Crippen molar-refractivity contribution >= 4 is 23.5 Å². The molecular weight excluding hydrogens is 426 g/mol. The number of hydrogen-bond acceptors (Lipinski definition) is 3. The van der Waals surface area contributed by atoms with Crippen molar-refractivity contribution in [2.45, 2.75) is 38.0 Å². The predicted molar refractivity (Wildman–Crippen MR) is 128 cm³/mol. The maximum Gasteiger partial charge on any atom is 0.335 e. The molecular formula is C29H25NO4. The van der Waals surface area contributed by atoms with Gasteiger partial charge in [0.15, 0.2) is 0 Å². The van der Waals surface area contributed by atoms with Crippen LogP contribution in [0.2, 0.25) is 0 Å². The molecule has 3 aromatic carbocycles. The van der Waals surface area contributed by atoms with E-state index in [2.05, 4.69) is 44.2 Å². The summed E-state index contributed by atoms with van der Waals surface area (Å²) in [5, 5.41) is 9.22. The molecule has 1 N–H and O–H groups in total. The van der Waals surface area contributed by atoms with Crippen molar-refractivity contribution in [3.8, 4) is 0 Å². The molecule has 5 nitrogen and oxygen atoms in total. The van der Waals surface area contributed by atoms with Crippen molar-refractivity contribution in [2.75, 3.05) is 4.90 Å². The van der Waals surface area contributed by atoms with Gasteiger partial charge in [0.2, 0.25) is 11.8 Å². The lowest BCUT2D eigenvalue weighted by Gasteiger charge is -2.46. The van der Waals surface area contributed by atoms with E-state index < -0.39 is 17.8 Å². The van der Waals surface area contributed by atoms with Crippen molar-refractivity contribution in [3.63, 3.8) is 0 Å². The number of hydrogen-bond donors (Lipinski definition) is 1. The Bertz CT molecular complexity index is 1360. The Morgan fingerprint density at radius 1 is 0.853 bits per heavy atom. The van der Waals surface area contributed by atoms with Crippen LogP contribution in [0.4, 0.5) is 5.69 Å². The largest absolute Gasteiger partial charge is 0.478 e. The molecule has 1 fully saturated rings. The van der Waals surface area contributed by atoms with Gasteiger partial charge in [-0.05, 0) is 64.4 Å². The van der Waals surface area contributed by atoms with Crippen LogP contribution >= 0.6 is 0 Å². The van der Waals surface area contributed by atoms with Gasteiger partial charge in [-0.25, -0.2) is 9.69 Å². The standard InChI is InChI=1S/C29H25NO4/c1-3-15(2)17-10-13-21-22(14-17)24-20-7-5-4-6-19(20)23(21)25-26(24)28(32)30(27(25)31)18-11-8-16(9-12-18)29(33)34/h4-15,23-26H,3H2,1-2H3,(H,33,34)/t15-,23+,24+,25+,26-/m1/s1. The van der Waals surface area contributed by atoms with Crippen LogP contribution in [0.25, 0.3) is 0 Å². The molecule has 2 bridgehead atoms. The first kappa shape index (κ1) is 20.8. The average molecular weight is 452 g/mol. The van der Waals surface area contributed by atoms with Gasteiger partial charge in [0.1, 0.15) is 0 Å². The third kappa shape index (κ3) is 2.70. The van der Waals surface area contributed by atoms with Gasteiger partial charge >= 0.3 is 5.97 Å². The van der Waals surface area contributed by atoms with Crippen molar-refractivity contribution < 1.29 is 19.5 Å².